The Morgan fingerprint density at radius 3 is 2.62 bits per heavy atom. The fourth-order valence-electron chi connectivity index (χ4n) is 3.07. The molecule has 142 valence electrons. The number of aromatic nitrogens is 1. The van der Waals surface area contributed by atoms with Gasteiger partial charge in [-0.3, -0.25) is 4.79 Å². The van der Waals surface area contributed by atoms with Gasteiger partial charge < -0.3 is 14.2 Å². The molecule has 1 N–H and O–H groups in total. The molecule has 5 aromatic rings. The molecule has 5 nitrogen and oxygen atoms in total. The predicted molar refractivity (Wildman–Crippen MR) is 114 cm³/mol. The Labute approximate surface area is 174 Å². The van der Waals surface area contributed by atoms with Gasteiger partial charge in [0.25, 0.3) is 5.91 Å². The van der Waals surface area contributed by atoms with Gasteiger partial charge in [0.05, 0.1) is 10.6 Å². The Bertz CT molecular complexity index is 1350. The molecule has 1 amide bonds. The van der Waals surface area contributed by atoms with E-state index < -0.39 is 0 Å². The molecule has 0 radical (unpaired) electrons. The molecule has 0 atom stereocenters. The Morgan fingerprint density at radius 2 is 1.76 bits per heavy atom. The molecule has 0 fully saturated rings. The third-order valence-electron chi connectivity index (χ3n) is 4.45. The molecule has 0 aliphatic heterocycles. The van der Waals surface area contributed by atoms with Gasteiger partial charge in [-0.2, -0.15) is 0 Å². The first-order chi connectivity index (χ1) is 14.1. The summed E-state index contributed by atoms with van der Waals surface area (Å²) in [5.74, 6) is 0.244. The van der Waals surface area contributed by atoms with Crippen LogP contribution in [0.2, 0.25) is 10.0 Å². The summed E-state index contributed by atoms with van der Waals surface area (Å²) in [6.07, 6.45) is 0. The van der Waals surface area contributed by atoms with Crippen LogP contribution < -0.4 is 5.32 Å². The summed E-state index contributed by atoms with van der Waals surface area (Å²) in [7, 11) is 0. The molecule has 0 aliphatic rings. The number of amides is 1. The van der Waals surface area contributed by atoms with Gasteiger partial charge in [0.2, 0.25) is 5.89 Å². The van der Waals surface area contributed by atoms with Crippen molar-refractivity contribution in [2.24, 2.45) is 0 Å². The number of furan rings is 1. The normalized spacial score (nSPS) is 11.2. The van der Waals surface area contributed by atoms with Gasteiger partial charge in [0, 0.05) is 16.1 Å². The second-order valence-corrected chi connectivity index (χ2v) is 7.27. The maximum atomic E-state index is 12.5. The standard InChI is InChI=1S/C22H12Cl2N2O3/c23-13-5-7-16(24)15(10-13)22-26-17-11-14(6-8-19(17)29-22)25-21(27)20-9-12-3-1-2-4-18(12)28-20/h1-11H,(H,25,27). The number of nitrogens with zero attached hydrogens (tertiary/aromatic N) is 1. The van der Waals surface area contributed by atoms with Crippen LogP contribution in [0.5, 0.6) is 0 Å². The van der Waals surface area contributed by atoms with Gasteiger partial charge in [0.1, 0.15) is 11.1 Å². The van der Waals surface area contributed by atoms with Gasteiger partial charge in [-0.15, -0.1) is 0 Å². The van der Waals surface area contributed by atoms with Crippen LogP contribution in [0.15, 0.2) is 75.6 Å². The Kier molecular flexibility index (Phi) is 4.27. The third-order valence-corrected chi connectivity index (χ3v) is 5.02. The van der Waals surface area contributed by atoms with Gasteiger partial charge in [-0.25, -0.2) is 4.98 Å². The minimum atomic E-state index is -0.345. The van der Waals surface area contributed by atoms with E-state index >= 15 is 0 Å². The summed E-state index contributed by atoms with van der Waals surface area (Å²) in [6, 6.07) is 19.4. The second kappa shape index (κ2) is 6.95. The molecule has 2 heterocycles. The van der Waals surface area contributed by atoms with Crippen LogP contribution in [0.3, 0.4) is 0 Å². The lowest BCUT2D eigenvalue weighted by atomic mass is 10.2. The van der Waals surface area contributed by atoms with Crippen LogP contribution in [-0.4, -0.2) is 10.9 Å². The molecule has 0 bridgehead atoms. The molecule has 0 aliphatic carbocycles. The number of anilines is 1. The zero-order valence-electron chi connectivity index (χ0n) is 14.8. The van der Waals surface area contributed by atoms with E-state index in [1.165, 1.54) is 0 Å². The first-order valence-corrected chi connectivity index (χ1v) is 9.48. The fourth-order valence-corrected chi connectivity index (χ4v) is 3.44. The Balaban J connectivity index is 1.45. The average Bonchev–Trinajstić information content (AvgIpc) is 3.33. The van der Waals surface area contributed by atoms with Gasteiger partial charge in [0.15, 0.2) is 11.3 Å². The number of hydrogen-bond acceptors (Lipinski definition) is 4. The number of benzene rings is 3. The van der Waals surface area contributed by atoms with E-state index in [0.29, 0.717) is 43.9 Å². The Hall–Kier alpha value is -3.28. The minimum absolute atomic E-state index is 0.234. The van der Waals surface area contributed by atoms with Gasteiger partial charge >= 0.3 is 0 Å². The fraction of sp³-hybridized carbons (Fsp3) is 0. The molecule has 2 aromatic heterocycles. The smallest absolute Gasteiger partial charge is 0.291 e. The summed E-state index contributed by atoms with van der Waals surface area (Å²) in [5, 5.41) is 4.71. The van der Waals surface area contributed by atoms with E-state index in [0.717, 1.165) is 5.39 Å². The highest BCUT2D eigenvalue weighted by Crippen LogP contribution is 2.33. The molecule has 0 unspecified atom stereocenters. The van der Waals surface area contributed by atoms with Crippen molar-refractivity contribution in [2.75, 3.05) is 5.32 Å². The van der Waals surface area contributed by atoms with Crippen LogP contribution >= 0.6 is 23.2 Å². The monoisotopic (exact) mass is 422 g/mol. The van der Waals surface area contributed by atoms with E-state index in [1.807, 2.05) is 24.3 Å². The summed E-state index contributed by atoms with van der Waals surface area (Å²) in [5.41, 5.74) is 2.98. The van der Waals surface area contributed by atoms with Gasteiger partial charge in [-0.05, 0) is 48.5 Å². The first kappa shape index (κ1) is 17.8. The molecule has 0 saturated heterocycles. The number of oxazole rings is 1. The van der Waals surface area contributed by atoms with Crippen molar-refractivity contribution in [2.45, 2.75) is 0 Å². The summed E-state index contributed by atoms with van der Waals surface area (Å²) < 4.78 is 11.4. The largest absolute Gasteiger partial charge is 0.451 e. The molecule has 5 rings (SSSR count). The number of carbonyl (C=O) groups excluding carboxylic acids is 1. The maximum absolute atomic E-state index is 12.5. The number of rotatable bonds is 3. The first-order valence-electron chi connectivity index (χ1n) is 8.73. The molecule has 29 heavy (non-hydrogen) atoms. The highest BCUT2D eigenvalue weighted by molar-refractivity contribution is 6.35. The quantitative estimate of drug-likeness (QED) is 0.347. The number of fused-ring (bicyclic) bond motifs is 2. The molecular weight excluding hydrogens is 411 g/mol. The average molecular weight is 423 g/mol. The van der Waals surface area contributed by atoms with Crippen LogP contribution in [0, 0.1) is 0 Å². The van der Waals surface area contributed by atoms with E-state index in [-0.39, 0.29) is 11.7 Å². The lowest BCUT2D eigenvalue weighted by Crippen LogP contribution is -2.10. The number of carbonyl (C=O) groups is 1. The number of nitrogens with one attached hydrogen (secondary N) is 1. The van der Waals surface area contributed by atoms with Crippen molar-refractivity contribution in [1.82, 2.24) is 4.98 Å². The molecule has 0 saturated carbocycles. The van der Waals surface area contributed by atoms with Crippen molar-refractivity contribution < 1.29 is 13.6 Å². The summed E-state index contributed by atoms with van der Waals surface area (Å²) in [4.78, 5) is 17.0. The maximum Gasteiger partial charge on any atom is 0.291 e. The third kappa shape index (κ3) is 3.35. The van der Waals surface area contributed by atoms with E-state index in [4.69, 9.17) is 32.0 Å². The van der Waals surface area contributed by atoms with Crippen molar-refractivity contribution >= 4 is 56.9 Å². The number of halogens is 2. The lowest BCUT2D eigenvalue weighted by molar-refractivity contribution is 0.0998. The minimum Gasteiger partial charge on any atom is -0.451 e. The van der Waals surface area contributed by atoms with Crippen LogP contribution in [0.25, 0.3) is 33.5 Å². The van der Waals surface area contributed by atoms with Crippen LogP contribution in [-0.2, 0) is 0 Å². The van der Waals surface area contributed by atoms with Crippen molar-refractivity contribution in [3.63, 3.8) is 0 Å². The summed E-state index contributed by atoms with van der Waals surface area (Å²) in [6.45, 7) is 0. The predicted octanol–water partition coefficient (Wildman–Crippen LogP) is 6.80. The van der Waals surface area contributed by atoms with Crippen molar-refractivity contribution in [3.05, 3.63) is 82.5 Å². The van der Waals surface area contributed by atoms with Gasteiger partial charge in [-0.1, -0.05) is 41.4 Å². The van der Waals surface area contributed by atoms with E-state index in [9.17, 15) is 4.79 Å². The van der Waals surface area contributed by atoms with E-state index in [1.54, 1.807) is 42.5 Å². The number of para-hydroxylation sites is 1. The molecule has 0 spiro atoms. The summed E-state index contributed by atoms with van der Waals surface area (Å²) >= 11 is 12.3. The van der Waals surface area contributed by atoms with Crippen LogP contribution in [0.4, 0.5) is 5.69 Å². The highest BCUT2D eigenvalue weighted by atomic mass is 35.5. The molecular formula is C22H12Cl2N2O3. The van der Waals surface area contributed by atoms with Crippen molar-refractivity contribution in [1.29, 1.82) is 0 Å². The second-order valence-electron chi connectivity index (χ2n) is 6.43. The Morgan fingerprint density at radius 1 is 0.897 bits per heavy atom. The molecule has 3 aromatic carbocycles. The SMILES string of the molecule is O=C(Nc1ccc2oc(-c3cc(Cl)ccc3Cl)nc2c1)c1cc2ccccc2o1. The number of hydrogen-bond donors (Lipinski definition) is 1. The van der Waals surface area contributed by atoms with Crippen LogP contribution in [0.1, 0.15) is 10.6 Å². The van der Waals surface area contributed by atoms with Crippen molar-refractivity contribution in [3.8, 4) is 11.5 Å². The molecule has 7 heteroatoms. The highest BCUT2D eigenvalue weighted by Gasteiger charge is 2.15. The topological polar surface area (TPSA) is 68.3 Å². The lowest BCUT2D eigenvalue weighted by Gasteiger charge is -2.02. The zero-order valence-corrected chi connectivity index (χ0v) is 16.3. The van der Waals surface area contributed by atoms with E-state index in [2.05, 4.69) is 10.3 Å². The zero-order chi connectivity index (χ0) is 20.0.